The number of fused-ring (bicyclic) bond motifs is 3. The molecule has 0 radical (unpaired) electrons. The van der Waals surface area contributed by atoms with Gasteiger partial charge in [-0.25, -0.2) is 0 Å². The van der Waals surface area contributed by atoms with Crippen LogP contribution in [0.25, 0.3) is 16.7 Å². The minimum absolute atomic E-state index is 0.128. The molecule has 0 heterocycles. The van der Waals surface area contributed by atoms with Gasteiger partial charge in [0, 0.05) is 30.8 Å². The first-order valence-electron chi connectivity index (χ1n) is 11.7. The summed E-state index contributed by atoms with van der Waals surface area (Å²) in [4.78, 5) is 25.2. The first kappa shape index (κ1) is 25.6. The van der Waals surface area contributed by atoms with Gasteiger partial charge in [0.05, 0.1) is 19.3 Å². The van der Waals surface area contributed by atoms with Crippen LogP contribution in [0.2, 0.25) is 0 Å². The van der Waals surface area contributed by atoms with Crippen LogP contribution in [0.5, 0.6) is 0 Å². The number of ether oxygens (including phenoxy) is 3. The molecule has 0 fully saturated rings. The van der Waals surface area contributed by atoms with Crippen molar-refractivity contribution in [3.63, 3.8) is 0 Å². The smallest absolute Gasteiger partial charge is 0.251 e. The zero-order chi connectivity index (χ0) is 24.7. The second-order valence-electron chi connectivity index (χ2n) is 8.32. The topological polar surface area (TPSA) is 85.9 Å². The lowest BCUT2D eigenvalue weighted by Crippen LogP contribution is -2.28. The van der Waals surface area contributed by atoms with Gasteiger partial charge >= 0.3 is 0 Å². The number of hydrogen-bond donors (Lipinski definition) is 2. The third-order valence-electron chi connectivity index (χ3n) is 5.48. The van der Waals surface area contributed by atoms with E-state index < -0.39 is 0 Å². The molecule has 2 aromatic carbocycles. The van der Waals surface area contributed by atoms with Gasteiger partial charge in [0.15, 0.2) is 6.29 Å². The summed E-state index contributed by atoms with van der Waals surface area (Å²) in [6, 6.07) is 11.2. The highest BCUT2D eigenvalue weighted by Crippen LogP contribution is 2.44. The maximum atomic E-state index is 12.6. The van der Waals surface area contributed by atoms with E-state index in [0.29, 0.717) is 44.0 Å². The number of carbonyl (C=O) groups excluding carboxylic acids is 2. The van der Waals surface area contributed by atoms with Crippen molar-refractivity contribution in [2.24, 2.45) is 0 Å². The highest BCUT2D eigenvalue weighted by Gasteiger charge is 2.24. The van der Waals surface area contributed by atoms with Gasteiger partial charge in [0.1, 0.15) is 0 Å². The Labute approximate surface area is 201 Å². The second kappa shape index (κ2) is 11.9. The molecule has 1 aliphatic rings. The van der Waals surface area contributed by atoms with Crippen molar-refractivity contribution in [2.45, 2.75) is 40.1 Å². The lowest BCUT2D eigenvalue weighted by Gasteiger charge is -2.13. The molecule has 0 saturated carbocycles. The number of benzene rings is 2. The Morgan fingerprint density at radius 2 is 1.29 bits per heavy atom. The number of carbonyl (C=O) groups is 2. The van der Waals surface area contributed by atoms with Gasteiger partial charge in [-0.2, -0.15) is 0 Å². The Balaban J connectivity index is 1.63. The maximum absolute atomic E-state index is 12.6. The van der Waals surface area contributed by atoms with Crippen LogP contribution >= 0.6 is 0 Å². The van der Waals surface area contributed by atoms with E-state index in [1.54, 1.807) is 6.07 Å². The van der Waals surface area contributed by atoms with Crippen LogP contribution in [0.15, 0.2) is 43.0 Å². The summed E-state index contributed by atoms with van der Waals surface area (Å²) in [5.74, 6) is -0.331. The first-order chi connectivity index (χ1) is 16.3. The molecule has 1 atom stereocenters. The molecule has 7 heteroatoms. The molecule has 1 aliphatic carbocycles. The van der Waals surface area contributed by atoms with Crippen molar-refractivity contribution in [1.29, 1.82) is 0 Å². The molecule has 2 aromatic rings. The van der Waals surface area contributed by atoms with Gasteiger partial charge < -0.3 is 24.8 Å². The SMILES string of the molecule is C=C1c2cc(C(=O)NCCOC(C)C)ccc2-c2ccc(C(=O)NCCOC(C)OCC)cc21. The number of hydrogen-bond acceptors (Lipinski definition) is 5. The van der Waals surface area contributed by atoms with Crippen molar-refractivity contribution in [1.82, 2.24) is 10.6 Å². The summed E-state index contributed by atoms with van der Waals surface area (Å²) in [6.45, 7) is 14.1. The van der Waals surface area contributed by atoms with Crippen molar-refractivity contribution < 1.29 is 23.8 Å². The summed E-state index contributed by atoms with van der Waals surface area (Å²) in [7, 11) is 0. The highest BCUT2D eigenvalue weighted by molar-refractivity contribution is 6.05. The zero-order valence-corrected chi connectivity index (χ0v) is 20.4. The second-order valence-corrected chi connectivity index (χ2v) is 8.32. The zero-order valence-electron chi connectivity index (χ0n) is 20.4. The molecular weight excluding hydrogens is 432 g/mol. The van der Waals surface area contributed by atoms with E-state index in [4.69, 9.17) is 14.2 Å². The lowest BCUT2D eigenvalue weighted by atomic mass is 10.0. The molecule has 0 spiro atoms. The summed E-state index contributed by atoms with van der Waals surface area (Å²) in [5, 5.41) is 5.75. The lowest BCUT2D eigenvalue weighted by molar-refractivity contribution is -0.125. The molecular formula is C27H34N2O5. The van der Waals surface area contributed by atoms with E-state index in [9.17, 15) is 9.59 Å². The first-order valence-corrected chi connectivity index (χ1v) is 11.7. The van der Waals surface area contributed by atoms with Gasteiger partial charge in [0.25, 0.3) is 11.8 Å². The number of rotatable bonds is 12. The summed E-state index contributed by atoms with van der Waals surface area (Å²) < 4.78 is 16.3. The minimum atomic E-state index is -0.302. The van der Waals surface area contributed by atoms with Crippen LogP contribution in [0, 0.1) is 0 Å². The van der Waals surface area contributed by atoms with Crippen molar-refractivity contribution in [3.05, 3.63) is 65.2 Å². The van der Waals surface area contributed by atoms with Crippen molar-refractivity contribution >= 4 is 17.4 Å². The predicted octanol–water partition coefficient (Wildman–Crippen LogP) is 4.01. The van der Waals surface area contributed by atoms with Gasteiger partial charge in [-0.05, 0) is 79.8 Å². The van der Waals surface area contributed by atoms with Crippen LogP contribution in [-0.2, 0) is 14.2 Å². The Hall–Kier alpha value is -3.00. The molecule has 182 valence electrons. The molecule has 1 unspecified atom stereocenters. The molecule has 3 rings (SSSR count). The summed E-state index contributed by atoms with van der Waals surface area (Å²) in [6.07, 6.45) is -0.174. The standard InChI is InChI=1S/C27H34N2O5/c1-6-32-19(5)34-14-12-29-27(31)21-8-10-23-22-9-7-20(15-24(22)18(4)25(23)16-21)26(30)28-11-13-33-17(2)3/h7-10,15-17,19H,4,6,11-14H2,1-3,5H3,(H,28,30)(H,29,31). The van der Waals surface area contributed by atoms with E-state index in [1.807, 2.05) is 58.0 Å². The van der Waals surface area contributed by atoms with E-state index in [-0.39, 0.29) is 24.2 Å². The van der Waals surface area contributed by atoms with Gasteiger partial charge in [0.2, 0.25) is 0 Å². The molecule has 0 aliphatic heterocycles. The number of nitrogens with one attached hydrogen (secondary N) is 2. The molecule has 0 bridgehead atoms. The van der Waals surface area contributed by atoms with Crippen LogP contribution in [0.4, 0.5) is 0 Å². The Morgan fingerprint density at radius 1 is 0.794 bits per heavy atom. The molecule has 2 N–H and O–H groups in total. The summed E-state index contributed by atoms with van der Waals surface area (Å²) in [5.41, 5.74) is 5.72. The van der Waals surface area contributed by atoms with Gasteiger partial charge in [-0.15, -0.1) is 0 Å². The van der Waals surface area contributed by atoms with Crippen molar-refractivity contribution in [2.75, 3.05) is 32.9 Å². The van der Waals surface area contributed by atoms with Crippen molar-refractivity contribution in [3.8, 4) is 11.1 Å². The Kier molecular flexibility index (Phi) is 8.98. The van der Waals surface area contributed by atoms with Gasteiger partial charge in [-0.3, -0.25) is 9.59 Å². The van der Waals surface area contributed by atoms with Crippen LogP contribution < -0.4 is 10.6 Å². The molecule has 7 nitrogen and oxygen atoms in total. The largest absolute Gasteiger partial charge is 0.377 e. The minimum Gasteiger partial charge on any atom is -0.377 e. The van der Waals surface area contributed by atoms with E-state index >= 15 is 0 Å². The molecule has 34 heavy (non-hydrogen) atoms. The number of amides is 2. The van der Waals surface area contributed by atoms with E-state index in [0.717, 1.165) is 27.8 Å². The van der Waals surface area contributed by atoms with Crippen LogP contribution in [-0.4, -0.2) is 57.1 Å². The third kappa shape index (κ3) is 6.32. The highest BCUT2D eigenvalue weighted by atomic mass is 16.7. The Morgan fingerprint density at radius 3 is 1.76 bits per heavy atom. The third-order valence-corrected chi connectivity index (χ3v) is 5.48. The fourth-order valence-corrected chi connectivity index (χ4v) is 3.82. The van der Waals surface area contributed by atoms with E-state index in [1.165, 1.54) is 0 Å². The average Bonchev–Trinajstić information content (AvgIpc) is 3.10. The molecule has 0 saturated heterocycles. The Bertz CT molecular complexity index is 1050. The quantitative estimate of drug-likeness (QED) is 0.311. The van der Waals surface area contributed by atoms with E-state index in [2.05, 4.69) is 17.2 Å². The predicted molar refractivity (Wildman–Crippen MR) is 133 cm³/mol. The maximum Gasteiger partial charge on any atom is 0.251 e. The normalized spacial score (nSPS) is 12.9. The molecule has 2 amide bonds. The average molecular weight is 467 g/mol. The van der Waals surface area contributed by atoms with Crippen LogP contribution in [0.1, 0.15) is 59.5 Å². The van der Waals surface area contributed by atoms with Gasteiger partial charge in [-0.1, -0.05) is 18.7 Å². The fourth-order valence-electron chi connectivity index (χ4n) is 3.82. The van der Waals surface area contributed by atoms with Crippen LogP contribution in [0.3, 0.4) is 0 Å². The molecule has 0 aromatic heterocycles. The summed E-state index contributed by atoms with van der Waals surface area (Å²) >= 11 is 0. The monoisotopic (exact) mass is 466 g/mol. The fraction of sp³-hybridized carbons (Fsp3) is 0.407.